The zero-order valence-electron chi connectivity index (χ0n) is 14.9. The summed E-state index contributed by atoms with van der Waals surface area (Å²) in [7, 11) is 2.33. The molecule has 3 heterocycles. The summed E-state index contributed by atoms with van der Waals surface area (Å²) < 4.78 is 1.32. The molecule has 0 saturated carbocycles. The minimum Gasteiger partial charge on any atom is -0.300 e. The van der Waals surface area contributed by atoms with Crippen molar-refractivity contribution in [3.8, 4) is 0 Å². The van der Waals surface area contributed by atoms with E-state index in [9.17, 15) is 0 Å². The van der Waals surface area contributed by atoms with Gasteiger partial charge in [0.2, 0.25) is 0 Å². The summed E-state index contributed by atoms with van der Waals surface area (Å²) in [4.78, 5) is 7.71. The molecule has 2 aliphatic heterocycles. The third kappa shape index (κ3) is 2.52. The van der Waals surface area contributed by atoms with Gasteiger partial charge in [-0.2, -0.15) is 0 Å². The number of likely N-dealkylation sites (N-methyl/N-ethyl adjacent to an activating group) is 1. The Morgan fingerprint density at radius 1 is 1.04 bits per heavy atom. The lowest BCUT2D eigenvalue weighted by atomic mass is 9.76. The molecular formula is C22H24N2S. The topological polar surface area (TPSA) is 16.1 Å². The van der Waals surface area contributed by atoms with Crippen molar-refractivity contribution in [2.75, 3.05) is 7.05 Å². The van der Waals surface area contributed by atoms with Crippen LogP contribution < -0.4 is 0 Å². The Kier molecular flexibility index (Phi) is 3.68. The molecule has 3 heteroatoms. The summed E-state index contributed by atoms with van der Waals surface area (Å²) in [6, 6.07) is 19.2. The molecule has 2 saturated heterocycles. The van der Waals surface area contributed by atoms with Crippen LogP contribution in [0.1, 0.15) is 47.2 Å². The molecule has 0 amide bonds. The van der Waals surface area contributed by atoms with Crippen molar-refractivity contribution < 1.29 is 0 Å². The van der Waals surface area contributed by atoms with Gasteiger partial charge in [-0.25, -0.2) is 4.98 Å². The van der Waals surface area contributed by atoms with Crippen molar-refractivity contribution in [3.05, 3.63) is 64.7 Å². The van der Waals surface area contributed by atoms with E-state index < -0.39 is 0 Å². The molecule has 2 fully saturated rings. The quantitative estimate of drug-likeness (QED) is 0.621. The number of aromatic nitrogens is 1. The number of piperidine rings is 1. The molecule has 0 N–H and O–H groups in total. The highest BCUT2D eigenvalue weighted by atomic mass is 32.1. The lowest BCUT2D eigenvalue weighted by molar-refractivity contribution is 0.137. The Morgan fingerprint density at radius 3 is 2.64 bits per heavy atom. The van der Waals surface area contributed by atoms with Gasteiger partial charge < -0.3 is 0 Å². The van der Waals surface area contributed by atoms with Gasteiger partial charge in [0.15, 0.2) is 0 Å². The Balaban J connectivity index is 1.62. The summed E-state index contributed by atoms with van der Waals surface area (Å²) in [5.41, 5.74) is 4.00. The van der Waals surface area contributed by atoms with E-state index in [4.69, 9.17) is 4.98 Å². The maximum Gasteiger partial charge on any atom is 0.0991 e. The van der Waals surface area contributed by atoms with Crippen molar-refractivity contribution in [2.24, 2.45) is 0 Å². The molecule has 2 nitrogen and oxygen atoms in total. The van der Waals surface area contributed by atoms with Gasteiger partial charge in [-0.05, 0) is 56.8 Å². The minimum absolute atomic E-state index is 0.517. The predicted molar refractivity (Wildman–Crippen MR) is 105 cm³/mol. The number of hydrogen-bond acceptors (Lipinski definition) is 3. The molecule has 2 aromatic carbocycles. The van der Waals surface area contributed by atoms with E-state index in [1.54, 1.807) is 0 Å². The lowest BCUT2D eigenvalue weighted by Gasteiger charge is -2.42. The maximum absolute atomic E-state index is 5.07. The van der Waals surface area contributed by atoms with E-state index in [-0.39, 0.29) is 0 Å². The summed E-state index contributed by atoms with van der Waals surface area (Å²) in [6.45, 7) is 2.17. The molecule has 0 radical (unpaired) electrons. The molecule has 0 spiro atoms. The number of fused-ring (bicyclic) bond motifs is 3. The zero-order chi connectivity index (χ0) is 17.0. The fourth-order valence-corrected chi connectivity index (χ4v) is 6.18. The van der Waals surface area contributed by atoms with Gasteiger partial charge in [-0.1, -0.05) is 42.0 Å². The third-order valence-electron chi connectivity index (χ3n) is 6.37. The molecule has 4 atom stereocenters. The third-order valence-corrected chi connectivity index (χ3v) is 7.51. The first-order valence-electron chi connectivity index (χ1n) is 9.34. The number of hydrogen-bond donors (Lipinski definition) is 0. The highest BCUT2D eigenvalue weighted by molar-refractivity contribution is 7.18. The van der Waals surface area contributed by atoms with Crippen LogP contribution >= 0.6 is 11.3 Å². The molecule has 128 valence electrons. The second-order valence-corrected chi connectivity index (χ2v) is 8.82. The molecular weight excluding hydrogens is 324 g/mol. The molecule has 3 aromatic rings. The van der Waals surface area contributed by atoms with Gasteiger partial charge in [-0.15, -0.1) is 11.3 Å². The standard InChI is InChI=1S/C22H24N2S/c1-14-7-9-15(10-8-14)17-13-16-11-12-19(24(16)2)21(17)22-23-18-5-3-4-6-20(18)25-22/h3-10,16-17,19,21H,11-13H2,1-2H3/t16-,17-,19?,21-/m1/s1. The van der Waals surface area contributed by atoms with Crippen molar-refractivity contribution in [3.63, 3.8) is 0 Å². The normalized spacial score (nSPS) is 29.4. The second-order valence-electron chi connectivity index (χ2n) is 7.76. The number of rotatable bonds is 2. The largest absolute Gasteiger partial charge is 0.300 e. The van der Waals surface area contributed by atoms with Crippen LogP contribution in [0.5, 0.6) is 0 Å². The molecule has 25 heavy (non-hydrogen) atoms. The zero-order valence-corrected chi connectivity index (χ0v) is 15.7. The van der Waals surface area contributed by atoms with Crippen LogP contribution in [0.4, 0.5) is 0 Å². The monoisotopic (exact) mass is 348 g/mol. The number of aryl methyl sites for hydroxylation is 1. The summed E-state index contributed by atoms with van der Waals surface area (Å²) in [6.07, 6.45) is 3.91. The van der Waals surface area contributed by atoms with Gasteiger partial charge in [0.05, 0.1) is 15.2 Å². The smallest absolute Gasteiger partial charge is 0.0991 e. The maximum atomic E-state index is 5.07. The average Bonchev–Trinajstić information content (AvgIpc) is 3.14. The van der Waals surface area contributed by atoms with Crippen LogP contribution in [0.25, 0.3) is 10.2 Å². The Morgan fingerprint density at radius 2 is 1.84 bits per heavy atom. The Labute approximate surface area is 153 Å². The molecule has 5 rings (SSSR count). The van der Waals surface area contributed by atoms with Gasteiger partial charge in [0.25, 0.3) is 0 Å². The van der Waals surface area contributed by atoms with E-state index in [0.717, 1.165) is 11.6 Å². The van der Waals surface area contributed by atoms with Gasteiger partial charge >= 0.3 is 0 Å². The van der Waals surface area contributed by atoms with Crippen LogP contribution in [-0.2, 0) is 0 Å². The van der Waals surface area contributed by atoms with Gasteiger partial charge in [0.1, 0.15) is 0 Å². The lowest BCUT2D eigenvalue weighted by Crippen LogP contribution is -2.44. The van der Waals surface area contributed by atoms with E-state index in [2.05, 4.69) is 67.4 Å². The van der Waals surface area contributed by atoms with E-state index in [1.807, 2.05) is 11.3 Å². The Bertz CT molecular complexity index is 865. The van der Waals surface area contributed by atoms with Crippen molar-refractivity contribution in [1.82, 2.24) is 9.88 Å². The highest BCUT2D eigenvalue weighted by Gasteiger charge is 2.47. The highest BCUT2D eigenvalue weighted by Crippen LogP contribution is 2.51. The van der Waals surface area contributed by atoms with Gasteiger partial charge in [-0.3, -0.25) is 4.90 Å². The summed E-state index contributed by atoms with van der Waals surface area (Å²) in [5, 5.41) is 1.34. The van der Waals surface area contributed by atoms with Crippen molar-refractivity contribution >= 4 is 21.6 Å². The first-order chi connectivity index (χ1) is 12.2. The number of benzene rings is 2. The van der Waals surface area contributed by atoms with Crippen LogP contribution in [0, 0.1) is 6.92 Å². The number of nitrogens with zero attached hydrogens (tertiary/aromatic N) is 2. The van der Waals surface area contributed by atoms with Crippen LogP contribution in [0.3, 0.4) is 0 Å². The molecule has 2 bridgehead atoms. The van der Waals surface area contributed by atoms with Crippen molar-refractivity contribution in [2.45, 2.75) is 50.1 Å². The summed E-state index contributed by atoms with van der Waals surface area (Å²) >= 11 is 1.91. The molecule has 2 aliphatic rings. The van der Waals surface area contributed by atoms with Crippen molar-refractivity contribution in [1.29, 1.82) is 0 Å². The van der Waals surface area contributed by atoms with Crippen LogP contribution in [-0.4, -0.2) is 29.0 Å². The van der Waals surface area contributed by atoms with E-state index in [1.165, 1.54) is 40.1 Å². The second kappa shape index (κ2) is 5.93. The van der Waals surface area contributed by atoms with Gasteiger partial charge in [0, 0.05) is 18.0 Å². The molecule has 0 aliphatic carbocycles. The van der Waals surface area contributed by atoms with E-state index in [0.29, 0.717) is 17.9 Å². The minimum atomic E-state index is 0.517. The predicted octanol–water partition coefficient (Wildman–Crippen LogP) is 5.34. The fraction of sp³-hybridized carbons (Fsp3) is 0.409. The number of thiazole rings is 1. The molecule has 1 unspecified atom stereocenters. The summed E-state index contributed by atoms with van der Waals surface area (Å²) in [5.74, 6) is 1.11. The first-order valence-corrected chi connectivity index (χ1v) is 10.2. The van der Waals surface area contributed by atoms with Crippen LogP contribution in [0.2, 0.25) is 0 Å². The molecule has 1 aromatic heterocycles. The Hall–Kier alpha value is -1.71. The first kappa shape index (κ1) is 15.5. The average molecular weight is 349 g/mol. The van der Waals surface area contributed by atoms with E-state index >= 15 is 0 Å². The number of para-hydroxylation sites is 1. The fourth-order valence-electron chi connectivity index (χ4n) is 4.99. The SMILES string of the molecule is Cc1ccc([C@H]2C[C@H]3CCC([C@@H]2c2nc4ccccc4s2)N3C)cc1. The van der Waals surface area contributed by atoms with Crippen LogP contribution in [0.15, 0.2) is 48.5 Å².